The monoisotopic (exact) mass is 284 g/mol. The SMILES string of the molecule is CCC1(C(Cc2ccc(Cl)c(F)c2)NN)CCCC1. The maximum atomic E-state index is 13.5. The Morgan fingerprint density at radius 3 is 2.63 bits per heavy atom. The van der Waals surface area contributed by atoms with E-state index < -0.39 is 0 Å². The molecule has 3 N–H and O–H groups in total. The quantitative estimate of drug-likeness (QED) is 0.637. The van der Waals surface area contributed by atoms with Gasteiger partial charge in [0.2, 0.25) is 0 Å². The molecule has 1 fully saturated rings. The summed E-state index contributed by atoms with van der Waals surface area (Å²) in [4.78, 5) is 0. The minimum Gasteiger partial charge on any atom is -0.271 e. The number of benzene rings is 1. The van der Waals surface area contributed by atoms with E-state index in [9.17, 15) is 4.39 Å². The van der Waals surface area contributed by atoms with Crippen LogP contribution in [0.4, 0.5) is 4.39 Å². The van der Waals surface area contributed by atoms with Crippen molar-refractivity contribution in [3.63, 3.8) is 0 Å². The molecular formula is C15H22ClFN2. The van der Waals surface area contributed by atoms with Crippen LogP contribution in [0.15, 0.2) is 18.2 Å². The molecule has 0 bridgehead atoms. The topological polar surface area (TPSA) is 38.0 Å². The molecule has 1 aromatic rings. The molecule has 1 aromatic carbocycles. The molecule has 0 radical (unpaired) electrons. The van der Waals surface area contributed by atoms with E-state index in [0.717, 1.165) is 18.4 Å². The van der Waals surface area contributed by atoms with E-state index >= 15 is 0 Å². The zero-order valence-corrected chi connectivity index (χ0v) is 12.1. The summed E-state index contributed by atoms with van der Waals surface area (Å²) in [5.41, 5.74) is 4.17. The van der Waals surface area contributed by atoms with Gasteiger partial charge >= 0.3 is 0 Å². The first kappa shape index (κ1) is 14.8. The molecule has 1 unspecified atom stereocenters. The summed E-state index contributed by atoms with van der Waals surface area (Å²) in [5.74, 6) is 5.40. The zero-order valence-electron chi connectivity index (χ0n) is 11.4. The molecule has 1 aliphatic carbocycles. The van der Waals surface area contributed by atoms with Crippen LogP contribution in [0.25, 0.3) is 0 Å². The molecule has 106 valence electrons. The molecule has 19 heavy (non-hydrogen) atoms. The first-order chi connectivity index (χ1) is 9.11. The normalized spacial score (nSPS) is 19.6. The molecule has 1 atom stereocenters. The Morgan fingerprint density at radius 1 is 1.42 bits per heavy atom. The summed E-state index contributed by atoms with van der Waals surface area (Å²) >= 11 is 5.72. The summed E-state index contributed by atoms with van der Waals surface area (Å²) in [6.07, 6.45) is 6.79. The van der Waals surface area contributed by atoms with Crippen LogP contribution in [0, 0.1) is 11.2 Å². The average Bonchev–Trinajstić information content (AvgIpc) is 2.90. The second-order valence-electron chi connectivity index (χ2n) is 5.59. The lowest BCUT2D eigenvalue weighted by Crippen LogP contribution is -2.48. The summed E-state index contributed by atoms with van der Waals surface area (Å²) in [6, 6.07) is 5.21. The summed E-state index contributed by atoms with van der Waals surface area (Å²) in [7, 11) is 0. The van der Waals surface area contributed by atoms with Gasteiger partial charge in [-0.1, -0.05) is 37.4 Å². The van der Waals surface area contributed by atoms with Crippen molar-refractivity contribution in [3.8, 4) is 0 Å². The molecule has 4 heteroatoms. The summed E-state index contributed by atoms with van der Waals surface area (Å²) in [5, 5.41) is 0.173. The van der Waals surface area contributed by atoms with Crippen LogP contribution in [-0.4, -0.2) is 6.04 Å². The van der Waals surface area contributed by atoms with Crippen LogP contribution in [0.5, 0.6) is 0 Å². The highest BCUT2D eigenvalue weighted by atomic mass is 35.5. The third-order valence-corrected chi connectivity index (χ3v) is 4.97. The number of hydrogen-bond donors (Lipinski definition) is 2. The van der Waals surface area contributed by atoms with Gasteiger partial charge in [-0.05, 0) is 48.8 Å². The van der Waals surface area contributed by atoms with E-state index in [1.807, 2.05) is 6.07 Å². The molecule has 2 rings (SSSR count). The third kappa shape index (κ3) is 3.10. The Balaban J connectivity index is 2.16. The van der Waals surface area contributed by atoms with Gasteiger partial charge in [-0.25, -0.2) is 4.39 Å². The lowest BCUT2D eigenvalue weighted by Gasteiger charge is -2.36. The number of rotatable bonds is 5. The number of hydrogen-bond acceptors (Lipinski definition) is 2. The molecule has 0 spiro atoms. The lowest BCUT2D eigenvalue weighted by atomic mass is 9.74. The maximum absolute atomic E-state index is 13.5. The van der Waals surface area contributed by atoms with Crippen molar-refractivity contribution in [2.24, 2.45) is 11.3 Å². The van der Waals surface area contributed by atoms with Gasteiger partial charge in [0.25, 0.3) is 0 Å². The van der Waals surface area contributed by atoms with E-state index in [1.54, 1.807) is 6.07 Å². The fraction of sp³-hybridized carbons (Fsp3) is 0.600. The molecule has 0 saturated heterocycles. The van der Waals surface area contributed by atoms with Crippen molar-refractivity contribution in [2.45, 2.75) is 51.5 Å². The highest BCUT2D eigenvalue weighted by molar-refractivity contribution is 6.30. The molecule has 2 nitrogen and oxygen atoms in total. The molecule has 0 amide bonds. The smallest absolute Gasteiger partial charge is 0.142 e. The average molecular weight is 285 g/mol. The second kappa shape index (κ2) is 6.21. The number of hydrazine groups is 1. The molecular weight excluding hydrogens is 263 g/mol. The first-order valence-corrected chi connectivity index (χ1v) is 7.39. The minimum absolute atomic E-state index is 0.173. The van der Waals surface area contributed by atoms with Crippen LogP contribution in [0.1, 0.15) is 44.6 Å². The first-order valence-electron chi connectivity index (χ1n) is 7.01. The van der Waals surface area contributed by atoms with Crippen LogP contribution >= 0.6 is 11.6 Å². The fourth-order valence-corrected chi connectivity index (χ4v) is 3.50. The van der Waals surface area contributed by atoms with E-state index in [-0.39, 0.29) is 22.3 Å². The van der Waals surface area contributed by atoms with Crippen molar-refractivity contribution in [1.29, 1.82) is 0 Å². The maximum Gasteiger partial charge on any atom is 0.142 e. The highest BCUT2D eigenvalue weighted by Crippen LogP contribution is 2.44. The van der Waals surface area contributed by atoms with E-state index in [4.69, 9.17) is 17.4 Å². The molecule has 0 aromatic heterocycles. The minimum atomic E-state index is -0.355. The predicted octanol–water partition coefficient (Wildman–Crippen LogP) is 3.82. The highest BCUT2D eigenvalue weighted by Gasteiger charge is 2.39. The molecule has 1 aliphatic rings. The van der Waals surface area contributed by atoms with Crippen molar-refractivity contribution >= 4 is 11.6 Å². The number of halogens is 2. The molecule has 0 aliphatic heterocycles. The van der Waals surface area contributed by atoms with Gasteiger partial charge in [-0.3, -0.25) is 11.3 Å². The van der Waals surface area contributed by atoms with Crippen LogP contribution < -0.4 is 11.3 Å². The van der Waals surface area contributed by atoms with Gasteiger partial charge in [-0.2, -0.15) is 0 Å². The van der Waals surface area contributed by atoms with Crippen molar-refractivity contribution in [3.05, 3.63) is 34.6 Å². The van der Waals surface area contributed by atoms with Gasteiger partial charge in [-0.15, -0.1) is 0 Å². The second-order valence-corrected chi connectivity index (χ2v) is 6.00. The van der Waals surface area contributed by atoms with Crippen molar-refractivity contribution in [1.82, 2.24) is 5.43 Å². The van der Waals surface area contributed by atoms with E-state index in [1.165, 1.54) is 31.7 Å². The summed E-state index contributed by atoms with van der Waals surface area (Å²) in [6.45, 7) is 2.22. The predicted molar refractivity (Wildman–Crippen MR) is 77.4 cm³/mol. The summed E-state index contributed by atoms with van der Waals surface area (Å²) < 4.78 is 13.5. The Hall–Kier alpha value is -0.640. The largest absolute Gasteiger partial charge is 0.271 e. The van der Waals surface area contributed by atoms with Crippen LogP contribution in [0.3, 0.4) is 0 Å². The standard InChI is InChI=1S/C15H22ClFN2/c1-2-15(7-3-4-8-15)14(19-18)10-11-5-6-12(16)13(17)9-11/h5-6,9,14,19H,2-4,7-8,10,18H2,1H3. The van der Waals surface area contributed by atoms with Crippen LogP contribution in [0.2, 0.25) is 5.02 Å². The van der Waals surface area contributed by atoms with E-state index in [2.05, 4.69) is 12.3 Å². The number of nitrogens with one attached hydrogen (secondary N) is 1. The van der Waals surface area contributed by atoms with E-state index in [0.29, 0.717) is 0 Å². The Morgan fingerprint density at radius 2 is 2.11 bits per heavy atom. The Labute approximate surface area is 119 Å². The van der Waals surface area contributed by atoms with Gasteiger partial charge in [0.1, 0.15) is 5.82 Å². The molecule has 1 saturated carbocycles. The van der Waals surface area contributed by atoms with Gasteiger partial charge < -0.3 is 0 Å². The Bertz CT molecular complexity index is 430. The van der Waals surface area contributed by atoms with Crippen molar-refractivity contribution in [2.75, 3.05) is 0 Å². The van der Waals surface area contributed by atoms with Gasteiger partial charge in [0.05, 0.1) is 5.02 Å². The van der Waals surface area contributed by atoms with Gasteiger partial charge in [0.15, 0.2) is 0 Å². The third-order valence-electron chi connectivity index (χ3n) is 4.67. The van der Waals surface area contributed by atoms with Crippen molar-refractivity contribution < 1.29 is 4.39 Å². The number of nitrogens with two attached hydrogens (primary N) is 1. The lowest BCUT2D eigenvalue weighted by molar-refractivity contribution is 0.185. The van der Waals surface area contributed by atoms with Gasteiger partial charge in [0, 0.05) is 6.04 Å². The zero-order chi connectivity index (χ0) is 13.9. The fourth-order valence-electron chi connectivity index (χ4n) is 3.38. The van der Waals surface area contributed by atoms with Crippen LogP contribution in [-0.2, 0) is 6.42 Å². The molecule has 0 heterocycles. The Kier molecular flexibility index (Phi) is 4.82.